The van der Waals surface area contributed by atoms with Gasteiger partial charge in [-0.15, -0.1) is 11.3 Å². The van der Waals surface area contributed by atoms with Crippen molar-refractivity contribution in [1.82, 2.24) is 10.3 Å². The second kappa shape index (κ2) is 6.16. The molecule has 1 aliphatic rings. The van der Waals surface area contributed by atoms with Crippen LogP contribution in [-0.2, 0) is 6.54 Å². The Hall–Kier alpha value is -0.410. The van der Waals surface area contributed by atoms with E-state index in [4.69, 9.17) is 4.98 Å². The van der Waals surface area contributed by atoms with E-state index < -0.39 is 0 Å². The zero-order valence-electron chi connectivity index (χ0n) is 12.1. The van der Waals surface area contributed by atoms with Gasteiger partial charge in [0.2, 0.25) is 0 Å². The molecule has 18 heavy (non-hydrogen) atoms. The molecular formula is C15H26N2S. The van der Waals surface area contributed by atoms with Gasteiger partial charge in [-0.3, -0.25) is 0 Å². The third kappa shape index (κ3) is 3.33. The molecule has 1 saturated carbocycles. The molecule has 0 atom stereocenters. The zero-order valence-corrected chi connectivity index (χ0v) is 12.9. The average molecular weight is 266 g/mol. The number of aromatic nitrogens is 1. The molecule has 1 aliphatic carbocycles. The Morgan fingerprint density at radius 2 is 1.94 bits per heavy atom. The molecule has 1 aromatic rings. The number of thiazole rings is 1. The lowest BCUT2D eigenvalue weighted by molar-refractivity contribution is 0.590. The highest BCUT2D eigenvalue weighted by atomic mass is 32.1. The lowest BCUT2D eigenvalue weighted by atomic mass is 10.1. The van der Waals surface area contributed by atoms with Crippen LogP contribution in [-0.4, -0.2) is 11.0 Å². The SMILES string of the molecule is CCC(CC)c1nc(C2CC2)c(CNC(C)C)s1. The number of hydrogen-bond acceptors (Lipinski definition) is 3. The summed E-state index contributed by atoms with van der Waals surface area (Å²) in [6.45, 7) is 9.97. The third-order valence-electron chi connectivity index (χ3n) is 3.71. The minimum Gasteiger partial charge on any atom is -0.310 e. The van der Waals surface area contributed by atoms with Gasteiger partial charge < -0.3 is 5.32 Å². The van der Waals surface area contributed by atoms with Gasteiger partial charge in [0, 0.05) is 29.3 Å². The Morgan fingerprint density at radius 1 is 1.28 bits per heavy atom. The highest BCUT2D eigenvalue weighted by Gasteiger charge is 2.30. The van der Waals surface area contributed by atoms with E-state index in [1.54, 1.807) is 0 Å². The van der Waals surface area contributed by atoms with Gasteiger partial charge in [-0.2, -0.15) is 0 Å². The van der Waals surface area contributed by atoms with Crippen LogP contribution in [0.1, 0.15) is 80.8 Å². The first kappa shape index (κ1) is 14.0. The van der Waals surface area contributed by atoms with Crippen LogP contribution in [0, 0.1) is 0 Å². The van der Waals surface area contributed by atoms with Gasteiger partial charge in [-0.1, -0.05) is 27.7 Å². The van der Waals surface area contributed by atoms with Gasteiger partial charge in [-0.05, 0) is 25.7 Å². The van der Waals surface area contributed by atoms with Crippen molar-refractivity contribution in [2.45, 2.75) is 77.8 Å². The van der Waals surface area contributed by atoms with Crippen molar-refractivity contribution in [3.8, 4) is 0 Å². The maximum atomic E-state index is 4.97. The second-order valence-electron chi connectivity index (χ2n) is 5.68. The monoisotopic (exact) mass is 266 g/mol. The third-order valence-corrected chi connectivity index (χ3v) is 4.95. The minimum atomic E-state index is 0.552. The average Bonchev–Trinajstić information content (AvgIpc) is 3.10. The van der Waals surface area contributed by atoms with Crippen LogP contribution in [0.2, 0.25) is 0 Å². The van der Waals surface area contributed by atoms with Crippen molar-refractivity contribution in [2.24, 2.45) is 0 Å². The first-order valence-corrected chi connectivity index (χ1v) is 8.20. The molecule has 2 rings (SSSR count). The Kier molecular flexibility index (Phi) is 4.79. The highest BCUT2D eigenvalue weighted by molar-refractivity contribution is 7.11. The van der Waals surface area contributed by atoms with Gasteiger partial charge in [0.25, 0.3) is 0 Å². The van der Waals surface area contributed by atoms with E-state index in [0.29, 0.717) is 12.0 Å². The molecule has 1 N–H and O–H groups in total. The van der Waals surface area contributed by atoms with Crippen molar-refractivity contribution in [1.29, 1.82) is 0 Å². The number of hydrogen-bond donors (Lipinski definition) is 1. The van der Waals surface area contributed by atoms with Gasteiger partial charge in [0.05, 0.1) is 10.7 Å². The summed E-state index contributed by atoms with van der Waals surface area (Å²) in [6, 6.07) is 0.552. The molecule has 102 valence electrons. The highest BCUT2D eigenvalue weighted by Crippen LogP contribution is 2.44. The number of nitrogens with one attached hydrogen (secondary N) is 1. The molecule has 0 aliphatic heterocycles. The maximum absolute atomic E-state index is 4.97. The van der Waals surface area contributed by atoms with E-state index in [-0.39, 0.29) is 0 Å². The minimum absolute atomic E-state index is 0.552. The van der Waals surface area contributed by atoms with Crippen molar-refractivity contribution in [2.75, 3.05) is 0 Å². The Bertz CT molecular complexity index is 376. The molecular weight excluding hydrogens is 240 g/mol. The predicted molar refractivity (Wildman–Crippen MR) is 79.4 cm³/mol. The van der Waals surface area contributed by atoms with Crippen LogP contribution in [0.4, 0.5) is 0 Å². The summed E-state index contributed by atoms with van der Waals surface area (Å²) >= 11 is 1.95. The van der Waals surface area contributed by atoms with E-state index in [1.807, 2.05) is 11.3 Å². The zero-order chi connectivity index (χ0) is 13.1. The maximum Gasteiger partial charge on any atom is 0.0962 e. The molecule has 0 aromatic carbocycles. The molecule has 1 aromatic heterocycles. The van der Waals surface area contributed by atoms with Crippen molar-refractivity contribution >= 4 is 11.3 Å². The van der Waals surface area contributed by atoms with Gasteiger partial charge >= 0.3 is 0 Å². The molecule has 1 fully saturated rings. The number of nitrogens with zero attached hydrogens (tertiary/aromatic N) is 1. The van der Waals surface area contributed by atoms with Crippen LogP contribution in [0.3, 0.4) is 0 Å². The van der Waals surface area contributed by atoms with Crippen LogP contribution in [0.15, 0.2) is 0 Å². The van der Waals surface area contributed by atoms with Crippen molar-refractivity contribution in [3.05, 3.63) is 15.6 Å². The first-order valence-electron chi connectivity index (χ1n) is 7.38. The summed E-state index contributed by atoms with van der Waals surface area (Å²) in [5, 5.41) is 4.92. The van der Waals surface area contributed by atoms with Crippen LogP contribution in [0.5, 0.6) is 0 Å². The van der Waals surface area contributed by atoms with Crippen molar-refractivity contribution < 1.29 is 0 Å². The molecule has 0 saturated heterocycles. The van der Waals surface area contributed by atoms with E-state index in [9.17, 15) is 0 Å². The lowest BCUT2D eigenvalue weighted by Gasteiger charge is -2.07. The quantitative estimate of drug-likeness (QED) is 0.790. The second-order valence-corrected chi connectivity index (χ2v) is 6.80. The summed E-state index contributed by atoms with van der Waals surface area (Å²) in [4.78, 5) is 6.46. The molecule has 1 heterocycles. The van der Waals surface area contributed by atoms with Crippen LogP contribution < -0.4 is 5.32 Å². The molecule has 0 spiro atoms. The van der Waals surface area contributed by atoms with E-state index in [1.165, 1.54) is 41.3 Å². The van der Waals surface area contributed by atoms with E-state index in [0.717, 1.165) is 12.5 Å². The number of rotatable bonds is 7. The summed E-state index contributed by atoms with van der Waals surface area (Å²) in [5.41, 5.74) is 1.41. The van der Waals surface area contributed by atoms with E-state index in [2.05, 4.69) is 33.0 Å². The summed E-state index contributed by atoms with van der Waals surface area (Å²) in [6.07, 6.45) is 5.12. The van der Waals surface area contributed by atoms with E-state index >= 15 is 0 Å². The fraction of sp³-hybridized carbons (Fsp3) is 0.800. The largest absolute Gasteiger partial charge is 0.310 e. The summed E-state index contributed by atoms with van der Waals surface area (Å²) in [5.74, 6) is 1.44. The first-order chi connectivity index (χ1) is 8.65. The molecule has 0 unspecified atom stereocenters. The fourth-order valence-corrected chi connectivity index (χ4v) is 3.66. The summed E-state index contributed by atoms with van der Waals surface area (Å²) < 4.78 is 0. The molecule has 3 heteroatoms. The van der Waals surface area contributed by atoms with Gasteiger partial charge in [-0.25, -0.2) is 4.98 Å². The normalized spacial score (nSPS) is 15.9. The predicted octanol–water partition coefficient (Wildman–Crippen LogP) is 4.42. The Balaban J connectivity index is 2.15. The molecule has 0 bridgehead atoms. The fourth-order valence-electron chi connectivity index (χ4n) is 2.29. The topological polar surface area (TPSA) is 24.9 Å². The van der Waals surface area contributed by atoms with Crippen LogP contribution >= 0.6 is 11.3 Å². The van der Waals surface area contributed by atoms with Gasteiger partial charge in [0.15, 0.2) is 0 Å². The standard InChI is InChI=1S/C15H26N2S/c1-5-11(6-2)15-17-14(12-7-8-12)13(18-15)9-16-10(3)4/h10-12,16H,5-9H2,1-4H3. The summed E-state index contributed by atoms with van der Waals surface area (Å²) in [7, 11) is 0. The lowest BCUT2D eigenvalue weighted by Crippen LogP contribution is -2.21. The molecule has 2 nitrogen and oxygen atoms in total. The Labute approximate surface area is 115 Å². The molecule has 0 radical (unpaired) electrons. The van der Waals surface area contributed by atoms with Crippen LogP contribution in [0.25, 0.3) is 0 Å². The molecule has 0 amide bonds. The smallest absolute Gasteiger partial charge is 0.0962 e. The van der Waals surface area contributed by atoms with Gasteiger partial charge in [0.1, 0.15) is 0 Å². The Morgan fingerprint density at radius 3 is 2.44 bits per heavy atom. The van der Waals surface area contributed by atoms with Crippen molar-refractivity contribution in [3.63, 3.8) is 0 Å².